The summed E-state index contributed by atoms with van der Waals surface area (Å²) in [7, 11) is 0. The zero-order valence-electron chi connectivity index (χ0n) is 13.9. The van der Waals surface area contributed by atoms with Crippen LogP contribution in [0.25, 0.3) is 10.9 Å². The lowest BCUT2D eigenvalue weighted by Crippen LogP contribution is -2.44. The minimum atomic E-state index is -0.461. The van der Waals surface area contributed by atoms with Gasteiger partial charge in [-0.05, 0) is 44.7 Å². The van der Waals surface area contributed by atoms with E-state index in [0.29, 0.717) is 0 Å². The second-order valence-corrected chi connectivity index (χ2v) is 6.65. The molecule has 0 aliphatic carbocycles. The van der Waals surface area contributed by atoms with Crippen molar-refractivity contribution in [3.63, 3.8) is 0 Å². The Balaban J connectivity index is 1.96. The number of piperidine rings is 1. The third-order valence-corrected chi connectivity index (χ3v) is 5.07. The predicted molar refractivity (Wildman–Crippen MR) is 92.5 cm³/mol. The number of rotatable bonds is 3. The van der Waals surface area contributed by atoms with Gasteiger partial charge in [0.25, 0.3) is 0 Å². The Morgan fingerprint density at radius 3 is 2.55 bits per heavy atom. The van der Waals surface area contributed by atoms with E-state index in [0.717, 1.165) is 50.0 Å². The number of aliphatic hydroxyl groups is 1. The van der Waals surface area contributed by atoms with Gasteiger partial charge in [-0.25, -0.2) is 0 Å². The van der Waals surface area contributed by atoms with Gasteiger partial charge >= 0.3 is 0 Å². The van der Waals surface area contributed by atoms with E-state index in [1.165, 1.54) is 16.6 Å². The highest BCUT2D eigenvalue weighted by molar-refractivity contribution is 5.93. The van der Waals surface area contributed by atoms with Crippen LogP contribution in [-0.4, -0.2) is 28.8 Å². The van der Waals surface area contributed by atoms with Crippen molar-refractivity contribution in [2.24, 2.45) is 0 Å². The molecule has 2 aromatic rings. The summed E-state index contributed by atoms with van der Waals surface area (Å²) in [5.74, 6) is 0. The first-order chi connectivity index (χ1) is 10.5. The van der Waals surface area contributed by atoms with Crippen LogP contribution in [0.4, 0.5) is 5.69 Å². The smallest absolute Gasteiger partial charge is 0.0726 e. The highest BCUT2D eigenvalue weighted by atomic mass is 16.3. The SMILES string of the molecule is CCCC1(O)CCN(c2c(C)c(C)nc3ccccc23)CC1. The molecule has 1 saturated heterocycles. The summed E-state index contributed by atoms with van der Waals surface area (Å²) in [4.78, 5) is 7.15. The number of fused-ring (bicyclic) bond motifs is 1. The maximum absolute atomic E-state index is 10.6. The molecule has 118 valence electrons. The van der Waals surface area contributed by atoms with Crippen LogP contribution >= 0.6 is 0 Å². The molecule has 1 aliphatic rings. The first-order valence-corrected chi connectivity index (χ1v) is 8.37. The van der Waals surface area contributed by atoms with Crippen LogP contribution in [-0.2, 0) is 0 Å². The van der Waals surface area contributed by atoms with Gasteiger partial charge in [0.1, 0.15) is 0 Å². The minimum Gasteiger partial charge on any atom is -0.390 e. The van der Waals surface area contributed by atoms with Gasteiger partial charge in [0.15, 0.2) is 0 Å². The Labute approximate surface area is 133 Å². The zero-order valence-corrected chi connectivity index (χ0v) is 13.9. The monoisotopic (exact) mass is 298 g/mol. The zero-order chi connectivity index (χ0) is 15.7. The molecule has 0 bridgehead atoms. The number of benzene rings is 1. The van der Waals surface area contributed by atoms with Crippen molar-refractivity contribution >= 4 is 16.6 Å². The Hall–Kier alpha value is -1.61. The molecular weight excluding hydrogens is 272 g/mol. The van der Waals surface area contributed by atoms with E-state index in [2.05, 4.69) is 43.9 Å². The fraction of sp³-hybridized carbons (Fsp3) is 0.526. The van der Waals surface area contributed by atoms with Crippen molar-refractivity contribution in [2.45, 2.75) is 52.1 Å². The second-order valence-electron chi connectivity index (χ2n) is 6.65. The highest BCUT2D eigenvalue weighted by Gasteiger charge is 2.32. The average Bonchev–Trinajstić information content (AvgIpc) is 2.50. The van der Waals surface area contributed by atoms with E-state index in [1.807, 2.05) is 6.07 Å². The maximum Gasteiger partial charge on any atom is 0.0726 e. The molecule has 0 saturated carbocycles. The maximum atomic E-state index is 10.6. The molecule has 0 atom stereocenters. The van der Waals surface area contributed by atoms with Crippen molar-refractivity contribution < 1.29 is 5.11 Å². The van der Waals surface area contributed by atoms with Crippen LogP contribution in [0.1, 0.15) is 43.9 Å². The van der Waals surface area contributed by atoms with E-state index in [9.17, 15) is 5.11 Å². The number of aromatic nitrogens is 1. The molecule has 1 aromatic carbocycles. The Bertz CT molecular complexity index is 672. The van der Waals surface area contributed by atoms with Crippen molar-refractivity contribution in [1.29, 1.82) is 0 Å². The summed E-state index contributed by atoms with van der Waals surface area (Å²) in [5.41, 5.74) is 4.27. The fourth-order valence-electron chi connectivity index (χ4n) is 3.68. The van der Waals surface area contributed by atoms with Crippen LogP contribution in [0.2, 0.25) is 0 Å². The Kier molecular flexibility index (Phi) is 4.09. The topological polar surface area (TPSA) is 36.4 Å². The van der Waals surface area contributed by atoms with Crippen LogP contribution in [0, 0.1) is 13.8 Å². The van der Waals surface area contributed by atoms with Gasteiger partial charge < -0.3 is 10.0 Å². The van der Waals surface area contributed by atoms with Crippen LogP contribution < -0.4 is 4.90 Å². The van der Waals surface area contributed by atoms with Crippen molar-refractivity contribution in [2.75, 3.05) is 18.0 Å². The van der Waals surface area contributed by atoms with Gasteiger partial charge in [-0.3, -0.25) is 4.98 Å². The lowest BCUT2D eigenvalue weighted by atomic mass is 9.86. The molecule has 22 heavy (non-hydrogen) atoms. The number of hydrogen-bond donors (Lipinski definition) is 1. The molecule has 0 unspecified atom stereocenters. The first-order valence-electron chi connectivity index (χ1n) is 8.37. The molecule has 0 radical (unpaired) electrons. The van der Waals surface area contributed by atoms with Gasteiger partial charge in [-0.15, -0.1) is 0 Å². The van der Waals surface area contributed by atoms with Crippen molar-refractivity contribution in [3.05, 3.63) is 35.5 Å². The van der Waals surface area contributed by atoms with Gasteiger partial charge in [0.05, 0.1) is 16.8 Å². The minimum absolute atomic E-state index is 0.461. The Morgan fingerprint density at radius 2 is 1.86 bits per heavy atom. The molecule has 1 fully saturated rings. The lowest BCUT2D eigenvalue weighted by molar-refractivity contribution is 0.00742. The predicted octanol–water partition coefficient (Wildman–Crippen LogP) is 3.98. The number of hydrogen-bond acceptors (Lipinski definition) is 3. The first kappa shape index (κ1) is 15.3. The number of aryl methyl sites for hydroxylation is 1. The van der Waals surface area contributed by atoms with E-state index in [-0.39, 0.29) is 0 Å². The summed E-state index contributed by atoms with van der Waals surface area (Å²) in [6, 6.07) is 8.38. The van der Waals surface area contributed by atoms with Crippen molar-refractivity contribution in [3.8, 4) is 0 Å². The van der Waals surface area contributed by atoms with E-state index in [4.69, 9.17) is 4.98 Å². The van der Waals surface area contributed by atoms with Crippen LogP contribution in [0.5, 0.6) is 0 Å². The summed E-state index contributed by atoms with van der Waals surface area (Å²) in [5, 5.41) is 11.9. The molecular formula is C19H26N2O. The summed E-state index contributed by atoms with van der Waals surface area (Å²) < 4.78 is 0. The van der Waals surface area contributed by atoms with E-state index < -0.39 is 5.60 Å². The van der Waals surface area contributed by atoms with Gasteiger partial charge in [0.2, 0.25) is 0 Å². The Morgan fingerprint density at radius 1 is 1.18 bits per heavy atom. The molecule has 2 heterocycles. The third-order valence-electron chi connectivity index (χ3n) is 5.07. The highest BCUT2D eigenvalue weighted by Crippen LogP contribution is 2.35. The molecule has 1 aliphatic heterocycles. The molecule has 3 rings (SSSR count). The van der Waals surface area contributed by atoms with Gasteiger partial charge in [0, 0.05) is 24.2 Å². The summed E-state index contributed by atoms with van der Waals surface area (Å²) in [6.45, 7) is 8.24. The summed E-state index contributed by atoms with van der Waals surface area (Å²) in [6.07, 6.45) is 3.68. The molecule has 3 heteroatoms. The number of pyridine rings is 1. The number of para-hydroxylation sites is 1. The second kappa shape index (κ2) is 5.88. The summed E-state index contributed by atoms with van der Waals surface area (Å²) >= 11 is 0. The molecule has 1 N–H and O–H groups in total. The normalized spacial score (nSPS) is 17.9. The number of anilines is 1. The average molecular weight is 298 g/mol. The molecule has 0 amide bonds. The standard InChI is InChI=1S/C19H26N2O/c1-4-9-19(22)10-12-21(13-11-19)18-14(2)15(3)20-17-8-6-5-7-16(17)18/h5-8,22H,4,9-13H2,1-3H3. The molecule has 3 nitrogen and oxygen atoms in total. The van der Waals surface area contributed by atoms with Crippen LogP contribution in [0.3, 0.4) is 0 Å². The van der Waals surface area contributed by atoms with Gasteiger partial charge in [-0.2, -0.15) is 0 Å². The molecule has 0 spiro atoms. The van der Waals surface area contributed by atoms with Crippen LogP contribution in [0.15, 0.2) is 24.3 Å². The van der Waals surface area contributed by atoms with Crippen molar-refractivity contribution in [1.82, 2.24) is 4.98 Å². The van der Waals surface area contributed by atoms with E-state index in [1.54, 1.807) is 0 Å². The van der Waals surface area contributed by atoms with E-state index >= 15 is 0 Å². The quantitative estimate of drug-likeness (QED) is 0.931. The lowest BCUT2D eigenvalue weighted by Gasteiger charge is -2.40. The van der Waals surface area contributed by atoms with Gasteiger partial charge in [-0.1, -0.05) is 31.5 Å². The number of nitrogens with zero attached hydrogens (tertiary/aromatic N) is 2. The fourth-order valence-corrected chi connectivity index (χ4v) is 3.68. The third kappa shape index (κ3) is 2.70. The molecule has 1 aromatic heterocycles. The largest absolute Gasteiger partial charge is 0.390 e.